The zero-order chi connectivity index (χ0) is 26.1. The summed E-state index contributed by atoms with van der Waals surface area (Å²) in [5.74, 6) is -0.224. The molecule has 6 nitrogen and oxygen atoms in total. The van der Waals surface area contributed by atoms with Gasteiger partial charge in [-0.25, -0.2) is 9.18 Å². The molecule has 8 heteroatoms. The molecule has 0 spiro atoms. The van der Waals surface area contributed by atoms with Crippen molar-refractivity contribution in [2.45, 2.75) is 51.4 Å². The summed E-state index contributed by atoms with van der Waals surface area (Å²) in [6.45, 7) is 5.46. The molecule has 1 fully saturated rings. The van der Waals surface area contributed by atoms with Gasteiger partial charge in [-0.1, -0.05) is 29.8 Å². The zero-order valence-electron chi connectivity index (χ0n) is 21.1. The van der Waals surface area contributed by atoms with Crippen molar-refractivity contribution in [1.82, 2.24) is 4.90 Å². The van der Waals surface area contributed by atoms with Gasteiger partial charge in [-0.2, -0.15) is 0 Å². The summed E-state index contributed by atoms with van der Waals surface area (Å²) in [4.78, 5) is 14.0. The third-order valence-electron chi connectivity index (χ3n) is 6.37. The van der Waals surface area contributed by atoms with Gasteiger partial charge in [0, 0.05) is 24.2 Å². The molecule has 1 aliphatic heterocycles. The highest BCUT2D eigenvalue weighted by Gasteiger charge is 2.27. The average Bonchev–Trinajstić information content (AvgIpc) is 3.29. The molecule has 196 valence electrons. The maximum atomic E-state index is 13.8. The number of aliphatic hydroxyl groups is 1. The number of ether oxygens (including phenoxy) is 3. The van der Waals surface area contributed by atoms with E-state index in [-0.39, 0.29) is 23.8 Å². The molecule has 0 unspecified atom stereocenters. The van der Waals surface area contributed by atoms with E-state index >= 15 is 0 Å². The number of likely N-dealkylation sites (tertiary alicyclic amines) is 1. The Bertz CT molecular complexity index is 1050. The van der Waals surface area contributed by atoms with Crippen molar-refractivity contribution < 1.29 is 28.5 Å². The van der Waals surface area contributed by atoms with Crippen LogP contribution in [0.15, 0.2) is 42.5 Å². The highest BCUT2D eigenvalue weighted by Crippen LogP contribution is 2.30. The number of aliphatic hydroxyl groups excluding tert-OH is 1. The number of halogens is 2. The van der Waals surface area contributed by atoms with Gasteiger partial charge in [-0.15, -0.1) is 0 Å². The molecular formula is C28H35ClFNO5. The van der Waals surface area contributed by atoms with Gasteiger partial charge in [-0.05, 0) is 75.1 Å². The molecule has 2 aromatic rings. The lowest BCUT2D eigenvalue weighted by Crippen LogP contribution is -2.39. The summed E-state index contributed by atoms with van der Waals surface area (Å²) in [6.07, 6.45) is 4.74. The molecule has 0 saturated carbocycles. The lowest BCUT2D eigenvalue weighted by molar-refractivity contribution is -0.137. The lowest BCUT2D eigenvalue weighted by Gasteiger charge is -2.27. The smallest absolute Gasteiger partial charge is 0.330 e. The molecule has 1 aliphatic rings. The summed E-state index contributed by atoms with van der Waals surface area (Å²) in [5, 5.41) is 10.9. The number of carbonyl (C=O) groups is 1. The summed E-state index contributed by atoms with van der Waals surface area (Å²) >= 11 is 5.81. The van der Waals surface area contributed by atoms with Gasteiger partial charge < -0.3 is 19.3 Å². The first-order chi connectivity index (χ1) is 17.3. The van der Waals surface area contributed by atoms with E-state index in [1.165, 1.54) is 12.1 Å². The molecule has 0 radical (unpaired) electrons. The van der Waals surface area contributed by atoms with Crippen molar-refractivity contribution in [3.05, 3.63) is 70.0 Å². The van der Waals surface area contributed by atoms with Crippen molar-refractivity contribution in [2.75, 3.05) is 33.4 Å². The van der Waals surface area contributed by atoms with E-state index in [1.54, 1.807) is 26.2 Å². The standard InChI is InChI=1S/C28H35ClFNO5/c1-4-35-28(33)13-11-24-23(8-5-9-27(24)34-3)19(2)36-18-22(32)17-31-14-6-7-21(31)15-20-10-12-25(29)26(30)16-20/h5,8-13,16,19,21-22,32H,4,6-7,14-15,17-18H2,1-3H3/b13-11+/t19-,21+,22-/m1/s1. The molecule has 1 heterocycles. The van der Waals surface area contributed by atoms with E-state index in [4.69, 9.17) is 25.8 Å². The molecule has 0 amide bonds. The Morgan fingerprint density at radius 1 is 1.33 bits per heavy atom. The molecule has 0 aliphatic carbocycles. The molecule has 1 saturated heterocycles. The Balaban J connectivity index is 1.59. The maximum absolute atomic E-state index is 13.8. The fourth-order valence-corrected chi connectivity index (χ4v) is 4.71. The van der Waals surface area contributed by atoms with Crippen molar-refractivity contribution >= 4 is 23.6 Å². The van der Waals surface area contributed by atoms with E-state index in [0.29, 0.717) is 25.3 Å². The van der Waals surface area contributed by atoms with Gasteiger partial charge in [0.05, 0.1) is 37.6 Å². The van der Waals surface area contributed by atoms with E-state index in [1.807, 2.05) is 31.2 Å². The Morgan fingerprint density at radius 2 is 2.14 bits per heavy atom. The topological polar surface area (TPSA) is 68.2 Å². The van der Waals surface area contributed by atoms with Gasteiger partial charge in [0.15, 0.2) is 0 Å². The summed E-state index contributed by atoms with van der Waals surface area (Å²) < 4.78 is 30.3. The van der Waals surface area contributed by atoms with E-state index in [0.717, 1.165) is 36.1 Å². The molecule has 36 heavy (non-hydrogen) atoms. The van der Waals surface area contributed by atoms with Crippen LogP contribution in [0.4, 0.5) is 4.39 Å². The minimum absolute atomic E-state index is 0.124. The highest BCUT2D eigenvalue weighted by molar-refractivity contribution is 6.30. The van der Waals surface area contributed by atoms with Crippen LogP contribution in [0.2, 0.25) is 5.02 Å². The third kappa shape index (κ3) is 7.77. The minimum atomic E-state index is -0.681. The Labute approximate surface area is 217 Å². The van der Waals surface area contributed by atoms with Crippen LogP contribution in [0.3, 0.4) is 0 Å². The van der Waals surface area contributed by atoms with E-state index < -0.39 is 17.9 Å². The van der Waals surface area contributed by atoms with Gasteiger partial charge in [0.1, 0.15) is 11.6 Å². The van der Waals surface area contributed by atoms with Crippen LogP contribution in [0.25, 0.3) is 6.08 Å². The summed E-state index contributed by atoms with van der Waals surface area (Å²) in [7, 11) is 1.57. The van der Waals surface area contributed by atoms with Crippen molar-refractivity contribution in [3.63, 3.8) is 0 Å². The van der Waals surface area contributed by atoms with Crippen LogP contribution in [-0.4, -0.2) is 61.5 Å². The second-order valence-corrected chi connectivity index (χ2v) is 9.33. The number of benzene rings is 2. The van der Waals surface area contributed by atoms with Crippen molar-refractivity contribution in [1.29, 1.82) is 0 Å². The molecule has 0 aromatic heterocycles. The normalized spacial score (nSPS) is 17.9. The molecular weight excluding hydrogens is 485 g/mol. The van der Waals surface area contributed by atoms with Crippen LogP contribution in [0, 0.1) is 5.82 Å². The molecule has 1 N–H and O–H groups in total. The predicted octanol–water partition coefficient (Wildman–Crippen LogP) is 5.21. The Hall–Kier alpha value is -2.45. The van der Waals surface area contributed by atoms with Crippen molar-refractivity contribution in [2.24, 2.45) is 0 Å². The number of carbonyl (C=O) groups excluding carboxylic acids is 1. The van der Waals surface area contributed by atoms with E-state index in [2.05, 4.69) is 4.90 Å². The fraction of sp³-hybridized carbons (Fsp3) is 0.464. The molecule has 3 rings (SSSR count). The molecule has 3 atom stereocenters. The van der Waals surface area contributed by atoms with Crippen LogP contribution in [0.5, 0.6) is 5.75 Å². The summed E-state index contributed by atoms with van der Waals surface area (Å²) in [5.41, 5.74) is 2.46. The number of rotatable bonds is 12. The first-order valence-electron chi connectivity index (χ1n) is 12.3. The minimum Gasteiger partial charge on any atom is -0.496 e. The predicted molar refractivity (Wildman–Crippen MR) is 139 cm³/mol. The van der Waals surface area contributed by atoms with Gasteiger partial charge in [0.2, 0.25) is 0 Å². The van der Waals surface area contributed by atoms with Gasteiger partial charge in [-0.3, -0.25) is 4.90 Å². The SMILES string of the molecule is CCOC(=O)/C=C/c1c(OC)cccc1[C@@H](C)OC[C@H](O)CN1CCC[C@H]1Cc1ccc(Cl)c(F)c1. The Morgan fingerprint density at radius 3 is 2.86 bits per heavy atom. The quantitative estimate of drug-likeness (QED) is 0.307. The summed E-state index contributed by atoms with van der Waals surface area (Å²) in [6, 6.07) is 10.7. The fourth-order valence-electron chi connectivity index (χ4n) is 4.59. The van der Waals surface area contributed by atoms with E-state index in [9.17, 15) is 14.3 Å². The number of methoxy groups -OCH3 is 1. The Kier molecular flexibility index (Phi) is 10.7. The first-order valence-corrected chi connectivity index (χ1v) is 12.7. The first kappa shape index (κ1) is 28.1. The number of hydrogen-bond donors (Lipinski definition) is 1. The zero-order valence-corrected chi connectivity index (χ0v) is 21.8. The van der Waals surface area contributed by atoms with Crippen LogP contribution < -0.4 is 4.74 Å². The molecule has 2 aromatic carbocycles. The van der Waals surface area contributed by atoms with Crippen LogP contribution in [0.1, 0.15) is 49.5 Å². The van der Waals surface area contributed by atoms with Crippen LogP contribution >= 0.6 is 11.6 Å². The number of nitrogens with zero attached hydrogens (tertiary/aromatic N) is 1. The largest absolute Gasteiger partial charge is 0.496 e. The average molecular weight is 520 g/mol. The van der Waals surface area contributed by atoms with Crippen LogP contribution in [-0.2, 0) is 20.7 Å². The van der Waals surface area contributed by atoms with Crippen molar-refractivity contribution in [3.8, 4) is 5.75 Å². The van der Waals surface area contributed by atoms with Gasteiger partial charge >= 0.3 is 5.97 Å². The number of esters is 1. The monoisotopic (exact) mass is 519 g/mol. The number of β-amino-alcohol motifs (C(OH)–C–C–N with tert-alkyl or cyclic N) is 1. The highest BCUT2D eigenvalue weighted by atomic mass is 35.5. The second kappa shape index (κ2) is 13.7. The third-order valence-corrected chi connectivity index (χ3v) is 6.68. The number of hydrogen-bond acceptors (Lipinski definition) is 6. The molecule has 0 bridgehead atoms. The lowest BCUT2D eigenvalue weighted by atomic mass is 10.0. The maximum Gasteiger partial charge on any atom is 0.330 e. The van der Waals surface area contributed by atoms with Gasteiger partial charge in [0.25, 0.3) is 0 Å². The second-order valence-electron chi connectivity index (χ2n) is 8.92.